The van der Waals surface area contributed by atoms with Gasteiger partial charge in [0.25, 0.3) is 5.91 Å². The Morgan fingerprint density at radius 1 is 1.57 bits per heavy atom. The third kappa shape index (κ3) is 2.53. The number of hydrogen-bond donors (Lipinski definition) is 1. The molecule has 1 saturated carbocycles. The van der Waals surface area contributed by atoms with Gasteiger partial charge >= 0.3 is 0 Å². The van der Waals surface area contributed by atoms with Crippen LogP contribution >= 0.6 is 0 Å². The summed E-state index contributed by atoms with van der Waals surface area (Å²) in [6, 6.07) is 3.96. The van der Waals surface area contributed by atoms with Gasteiger partial charge < -0.3 is 15.1 Å². The molecule has 2 atom stereocenters. The van der Waals surface area contributed by atoms with Crippen LogP contribution < -0.4 is 5.73 Å². The summed E-state index contributed by atoms with van der Waals surface area (Å²) in [7, 11) is 3.44. The number of carbonyl (C=O) groups is 1. The maximum absolute atomic E-state index is 12.4. The molecule has 2 N–H and O–H groups in total. The summed E-state index contributed by atoms with van der Waals surface area (Å²) in [5.74, 6) is 2.91. The molecule has 21 heavy (non-hydrogen) atoms. The molecule has 3 rings (SSSR count). The molecule has 1 amide bonds. The van der Waals surface area contributed by atoms with E-state index in [1.54, 1.807) is 19.0 Å². The third-order valence-electron chi connectivity index (χ3n) is 4.07. The minimum Gasteiger partial charge on any atom is -0.464 e. The molecule has 2 unspecified atom stereocenters. The standard InChI is InChI=1S/C15H20N4O2/c1-9-6-11(9)13-5-4-10(21-13)8-18(2)15(20)14-12(16)7-17-19(14)3/h4-5,7,9,11H,6,8,16H2,1-3H3. The summed E-state index contributed by atoms with van der Waals surface area (Å²) in [5.41, 5.74) is 6.58. The third-order valence-corrected chi connectivity index (χ3v) is 4.07. The Balaban J connectivity index is 1.70. The van der Waals surface area contributed by atoms with Crippen molar-refractivity contribution in [2.75, 3.05) is 12.8 Å². The van der Waals surface area contributed by atoms with Crippen LogP contribution in [0.15, 0.2) is 22.7 Å². The van der Waals surface area contributed by atoms with Crippen molar-refractivity contribution in [1.82, 2.24) is 14.7 Å². The van der Waals surface area contributed by atoms with E-state index >= 15 is 0 Å². The first-order valence-electron chi connectivity index (χ1n) is 7.09. The average Bonchev–Trinajstić information content (AvgIpc) is 2.84. The Morgan fingerprint density at radius 3 is 2.86 bits per heavy atom. The molecule has 0 aromatic carbocycles. The van der Waals surface area contributed by atoms with Crippen molar-refractivity contribution in [1.29, 1.82) is 0 Å². The number of rotatable bonds is 4. The van der Waals surface area contributed by atoms with Crippen LogP contribution in [0.5, 0.6) is 0 Å². The second-order valence-electron chi connectivity index (χ2n) is 5.86. The highest BCUT2D eigenvalue weighted by Crippen LogP contribution is 2.47. The second-order valence-corrected chi connectivity index (χ2v) is 5.86. The number of furan rings is 1. The van der Waals surface area contributed by atoms with Crippen molar-refractivity contribution in [3.63, 3.8) is 0 Å². The number of aryl methyl sites for hydroxylation is 1. The fourth-order valence-electron chi connectivity index (χ4n) is 2.60. The number of amides is 1. The molecule has 0 aliphatic heterocycles. The molecule has 2 heterocycles. The molecule has 0 saturated heterocycles. The van der Waals surface area contributed by atoms with Gasteiger partial charge in [0.15, 0.2) is 0 Å². The van der Waals surface area contributed by atoms with Crippen LogP contribution in [0.2, 0.25) is 0 Å². The number of nitrogen functional groups attached to an aromatic ring is 1. The van der Waals surface area contributed by atoms with Crippen molar-refractivity contribution >= 4 is 11.6 Å². The first kappa shape index (κ1) is 13.7. The second kappa shape index (κ2) is 4.95. The van der Waals surface area contributed by atoms with E-state index in [2.05, 4.69) is 12.0 Å². The smallest absolute Gasteiger partial charge is 0.274 e. The normalized spacial score (nSPS) is 20.5. The van der Waals surface area contributed by atoms with E-state index in [0.717, 1.165) is 11.5 Å². The van der Waals surface area contributed by atoms with E-state index in [1.807, 2.05) is 12.1 Å². The Bertz CT molecular complexity index is 654. The fraction of sp³-hybridized carbons (Fsp3) is 0.467. The minimum absolute atomic E-state index is 0.162. The molecule has 6 heteroatoms. The lowest BCUT2D eigenvalue weighted by Crippen LogP contribution is -2.28. The van der Waals surface area contributed by atoms with Crippen LogP contribution in [0.1, 0.15) is 41.3 Å². The Hall–Kier alpha value is -2.24. The topological polar surface area (TPSA) is 77.3 Å². The molecule has 1 aliphatic carbocycles. The summed E-state index contributed by atoms with van der Waals surface area (Å²) in [5, 5.41) is 3.99. The van der Waals surface area contributed by atoms with E-state index < -0.39 is 0 Å². The number of aromatic nitrogens is 2. The van der Waals surface area contributed by atoms with Gasteiger partial charge in [-0.05, 0) is 24.5 Å². The van der Waals surface area contributed by atoms with Gasteiger partial charge in [-0.1, -0.05) is 6.92 Å². The molecule has 0 radical (unpaired) electrons. The summed E-state index contributed by atoms with van der Waals surface area (Å²) >= 11 is 0. The molecule has 0 bridgehead atoms. The van der Waals surface area contributed by atoms with Crippen molar-refractivity contribution in [2.45, 2.75) is 25.8 Å². The quantitative estimate of drug-likeness (QED) is 0.933. The summed E-state index contributed by atoms with van der Waals surface area (Å²) in [4.78, 5) is 14.0. The van der Waals surface area contributed by atoms with Gasteiger partial charge in [0.05, 0.1) is 18.4 Å². The molecular formula is C15H20N4O2. The molecule has 1 aliphatic rings. The van der Waals surface area contributed by atoms with Crippen LogP contribution in [0.25, 0.3) is 0 Å². The van der Waals surface area contributed by atoms with Crippen LogP contribution in [-0.2, 0) is 13.6 Å². The van der Waals surface area contributed by atoms with Crippen LogP contribution in [0, 0.1) is 5.92 Å². The van der Waals surface area contributed by atoms with Gasteiger partial charge in [-0.3, -0.25) is 9.48 Å². The lowest BCUT2D eigenvalue weighted by atomic mass is 10.3. The first-order chi connectivity index (χ1) is 9.97. The average molecular weight is 288 g/mol. The highest BCUT2D eigenvalue weighted by molar-refractivity contribution is 5.97. The molecule has 2 aromatic heterocycles. The fourth-order valence-corrected chi connectivity index (χ4v) is 2.60. The van der Waals surface area contributed by atoms with E-state index in [-0.39, 0.29) is 5.91 Å². The van der Waals surface area contributed by atoms with Gasteiger partial charge in [-0.25, -0.2) is 0 Å². The van der Waals surface area contributed by atoms with Crippen molar-refractivity contribution < 1.29 is 9.21 Å². The molecule has 1 fully saturated rings. The number of nitrogens with two attached hydrogens (primary N) is 1. The van der Waals surface area contributed by atoms with E-state index in [4.69, 9.17) is 10.2 Å². The largest absolute Gasteiger partial charge is 0.464 e. The highest BCUT2D eigenvalue weighted by Gasteiger charge is 2.36. The maximum atomic E-state index is 12.4. The van der Waals surface area contributed by atoms with Crippen molar-refractivity contribution in [3.8, 4) is 0 Å². The Labute approximate surface area is 123 Å². The Morgan fingerprint density at radius 2 is 2.29 bits per heavy atom. The predicted molar refractivity (Wildman–Crippen MR) is 78.6 cm³/mol. The first-order valence-corrected chi connectivity index (χ1v) is 7.09. The lowest BCUT2D eigenvalue weighted by Gasteiger charge is -2.16. The molecule has 112 valence electrons. The molecular weight excluding hydrogens is 268 g/mol. The lowest BCUT2D eigenvalue weighted by molar-refractivity contribution is 0.0765. The maximum Gasteiger partial charge on any atom is 0.274 e. The van der Waals surface area contributed by atoms with Crippen molar-refractivity contribution in [2.24, 2.45) is 13.0 Å². The summed E-state index contributed by atoms with van der Waals surface area (Å²) in [6.07, 6.45) is 2.67. The van der Waals surface area contributed by atoms with Gasteiger partial charge in [-0.15, -0.1) is 0 Å². The molecule has 6 nitrogen and oxygen atoms in total. The van der Waals surface area contributed by atoms with Gasteiger partial charge in [0.2, 0.25) is 0 Å². The molecule has 2 aromatic rings. The number of anilines is 1. The van der Waals surface area contributed by atoms with Gasteiger partial charge in [0.1, 0.15) is 17.2 Å². The van der Waals surface area contributed by atoms with Gasteiger partial charge in [-0.2, -0.15) is 5.10 Å². The predicted octanol–water partition coefficient (Wildman–Crippen LogP) is 1.99. The highest BCUT2D eigenvalue weighted by atomic mass is 16.3. The summed E-state index contributed by atoms with van der Waals surface area (Å²) in [6.45, 7) is 2.64. The minimum atomic E-state index is -0.162. The number of hydrogen-bond acceptors (Lipinski definition) is 4. The van der Waals surface area contributed by atoms with Crippen LogP contribution in [0.3, 0.4) is 0 Å². The zero-order valence-electron chi connectivity index (χ0n) is 12.5. The van der Waals surface area contributed by atoms with E-state index in [1.165, 1.54) is 17.3 Å². The van der Waals surface area contributed by atoms with E-state index in [9.17, 15) is 4.79 Å². The van der Waals surface area contributed by atoms with Crippen LogP contribution in [-0.4, -0.2) is 27.6 Å². The molecule has 0 spiro atoms. The number of carbonyl (C=O) groups excluding carboxylic acids is 1. The van der Waals surface area contributed by atoms with Crippen molar-refractivity contribution in [3.05, 3.63) is 35.5 Å². The number of nitrogens with zero attached hydrogens (tertiary/aromatic N) is 3. The summed E-state index contributed by atoms with van der Waals surface area (Å²) < 4.78 is 7.32. The van der Waals surface area contributed by atoms with Crippen LogP contribution in [0.4, 0.5) is 5.69 Å². The monoisotopic (exact) mass is 288 g/mol. The van der Waals surface area contributed by atoms with E-state index in [0.29, 0.717) is 29.8 Å². The zero-order chi connectivity index (χ0) is 15.1. The SMILES string of the molecule is CC1CC1c1ccc(CN(C)C(=O)c2c(N)cnn2C)o1. The Kier molecular flexibility index (Phi) is 3.23. The zero-order valence-corrected chi connectivity index (χ0v) is 12.5. The van der Waals surface area contributed by atoms with Gasteiger partial charge in [0, 0.05) is 20.0 Å².